The van der Waals surface area contributed by atoms with E-state index in [9.17, 15) is 0 Å². The molecule has 0 amide bonds. The van der Waals surface area contributed by atoms with Gasteiger partial charge in [0.15, 0.2) is 0 Å². The zero-order chi connectivity index (χ0) is 13.1. The minimum Gasteiger partial charge on any atom is -0.313 e. The smallest absolute Gasteiger partial charge is 0.0358 e. The molecule has 0 saturated heterocycles. The van der Waals surface area contributed by atoms with E-state index < -0.39 is 0 Å². The van der Waals surface area contributed by atoms with E-state index in [4.69, 9.17) is 0 Å². The van der Waals surface area contributed by atoms with E-state index in [2.05, 4.69) is 53.5 Å². The maximum atomic E-state index is 3.46. The molecule has 1 aliphatic rings. The molecule has 1 unspecified atom stereocenters. The lowest BCUT2D eigenvalue weighted by atomic mass is 9.79. The van der Waals surface area contributed by atoms with Gasteiger partial charge in [-0.25, -0.2) is 0 Å². The molecule has 0 bridgehead atoms. The lowest BCUT2D eigenvalue weighted by Gasteiger charge is -2.27. The van der Waals surface area contributed by atoms with E-state index >= 15 is 0 Å². The zero-order valence-electron chi connectivity index (χ0n) is 11.4. The highest BCUT2D eigenvalue weighted by atomic mass is 32.1. The number of nitrogens with one attached hydrogen (secondary N) is 1. The van der Waals surface area contributed by atoms with Gasteiger partial charge >= 0.3 is 0 Å². The summed E-state index contributed by atoms with van der Waals surface area (Å²) in [6.07, 6.45) is 5.23. The Labute approximate surface area is 119 Å². The van der Waals surface area contributed by atoms with E-state index in [1.165, 1.54) is 36.0 Å². The van der Waals surface area contributed by atoms with Crippen LogP contribution in [0.4, 0.5) is 0 Å². The number of hydrogen-bond acceptors (Lipinski definition) is 2. The highest BCUT2D eigenvalue weighted by Crippen LogP contribution is 2.37. The molecule has 1 N–H and O–H groups in total. The molecule has 3 rings (SSSR count). The van der Waals surface area contributed by atoms with Gasteiger partial charge in [0.2, 0.25) is 0 Å². The van der Waals surface area contributed by atoms with Crippen LogP contribution in [-0.4, -0.2) is 7.05 Å². The Morgan fingerprint density at radius 1 is 1.32 bits per heavy atom. The Hall–Kier alpha value is -1.12. The summed E-state index contributed by atoms with van der Waals surface area (Å²) in [4.78, 5) is 0. The summed E-state index contributed by atoms with van der Waals surface area (Å²) in [6.45, 7) is 0. The van der Waals surface area contributed by atoms with E-state index in [0.717, 1.165) is 12.3 Å². The first kappa shape index (κ1) is 12.9. The van der Waals surface area contributed by atoms with Crippen LogP contribution in [0.25, 0.3) is 0 Å². The van der Waals surface area contributed by atoms with Crippen LogP contribution in [-0.2, 0) is 6.42 Å². The largest absolute Gasteiger partial charge is 0.313 e. The van der Waals surface area contributed by atoms with Crippen LogP contribution in [0, 0.1) is 0 Å². The van der Waals surface area contributed by atoms with Crippen molar-refractivity contribution in [3.8, 4) is 0 Å². The van der Waals surface area contributed by atoms with Crippen LogP contribution in [0.1, 0.15) is 47.9 Å². The molecule has 0 aliphatic heterocycles. The number of benzene rings is 1. The first-order valence-electron chi connectivity index (χ1n) is 7.15. The van der Waals surface area contributed by atoms with Crippen molar-refractivity contribution in [2.24, 2.45) is 0 Å². The summed E-state index contributed by atoms with van der Waals surface area (Å²) < 4.78 is 0. The Balaban J connectivity index is 1.78. The van der Waals surface area contributed by atoms with Crippen LogP contribution in [0.3, 0.4) is 0 Å². The van der Waals surface area contributed by atoms with Crippen LogP contribution in [0.5, 0.6) is 0 Å². The molecule has 1 aromatic heterocycles. The van der Waals surface area contributed by atoms with Gasteiger partial charge in [-0.15, -0.1) is 0 Å². The first-order chi connectivity index (χ1) is 9.36. The topological polar surface area (TPSA) is 12.0 Å². The standard InChI is InChI=1S/C17H21NS/c1-18-17(10-13-8-9-19-12-13)16-7-3-6-15(11-16)14-4-2-5-14/h3,6-9,11-12,14,17-18H,2,4-5,10H2,1H3. The lowest BCUT2D eigenvalue weighted by Crippen LogP contribution is -2.19. The van der Waals surface area contributed by atoms with Crippen molar-refractivity contribution in [1.29, 1.82) is 0 Å². The molecular formula is C17H21NS. The Bertz CT molecular complexity index is 514. The zero-order valence-corrected chi connectivity index (χ0v) is 12.2. The second kappa shape index (κ2) is 5.89. The molecule has 1 fully saturated rings. The highest BCUT2D eigenvalue weighted by molar-refractivity contribution is 7.07. The van der Waals surface area contributed by atoms with Crippen LogP contribution in [0.15, 0.2) is 41.1 Å². The third-order valence-corrected chi connectivity index (χ3v) is 4.99. The predicted molar refractivity (Wildman–Crippen MR) is 82.9 cm³/mol. The second-order valence-corrected chi connectivity index (χ2v) is 6.25. The molecule has 1 saturated carbocycles. The molecule has 1 heterocycles. The van der Waals surface area contributed by atoms with Crippen molar-refractivity contribution in [1.82, 2.24) is 5.32 Å². The van der Waals surface area contributed by atoms with Crippen molar-refractivity contribution in [2.75, 3.05) is 7.05 Å². The number of thiophene rings is 1. The fourth-order valence-corrected chi connectivity index (χ4v) is 3.48. The van der Waals surface area contributed by atoms with Gasteiger partial charge in [0.25, 0.3) is 0 Å². The van der Waals surface area contributed by atoms with Gasteiger partial charge in [-0.2, -0.15) is 11.3 Å². The molecule has 0 radical (unpaired) electrons. The van der Waals surface area contributed by atoms with Gasteiger partial charge in [0.1, 0.15) is 0 Å². The first-order valence-corrected chi connectivity index (χ1v) is 8.09. The van der Waals surface area contributed by atoms with E-state index in [0.29, 0.717) is 6.04 Å². The summed E-state index contributed by atoms with van der Waals surface area (Å²) in [5, 5.41) is 7.87. The molecule has 0 spiro atoms. The van der Waals surface area contributed by atoms with Gasteiger partial charge in [0, 0.05) is 6.04 Å². The fourth-order valence-electron chi connectivity index (χ4n) is 2.80. The van der Waals surface area contributed by atoms with Crippen molar-refractivity contribution < 1.29 is 0 Å². The Morgan fingerprint density at radius 3 is 2.84 bits per heavy atom. The minimum atomic E-state index is 0.426. The third kappa shape index (κ3) is 2.90. The van der Waals surface area contributed by atoms with Crippen molar-refractivity contribution in [2.45, 2.75) is 37.6 Å². The van der Waals surface area contributed by atoms with E-state index in [-0.39, 0.29) is 0 Å². The molecule has 1 nitrogen and oxygen atoms in total. The average Bonchev–Trinajstić information content (AvgIpc) is 2.87. The van der Waals surface area contributed by atoms with Crippen molar-refractivity contribution in [3.05, 3.63) is 57.8 Å². The number of rotatable bonds is 5. The van der Waals surface area contributed by atoms with Crippen molar-refractivity contribution >= 4 is 11.3 Å². The third-order valence-electron chi connectivity index (χ3n) is 4.26. The summed E-state index contributed by atoms with van der Waals surface area (Å²) in [5.74, 6) is 0.818. The molecule has 2 heteroatoms. The maximum Gasteiger partial charge on any atom is 0.0358 e. The monoisotopic (exact) mass is 271 g/mol. The molecule has 1 aliphatic carbocycles. The van der Waals surface area contributed by atoms with Crippen LogP contribution < -0.4 is 5.32 Å². The van der Waals surface area contributed by atoms with Crippen LogP contribution in [0.2, 0.25) is 0 Å². The molecule has 2 aromatic rings. The number of hydrogen-bond donors (Lipinski definition) is 1. The minimum absolute atomic E-state index is 0.426. The summed E-state index contributed by atoms with van der Waals surface area (Å²) in [6, 6.07) is 11.8. The number of likely N-dealkylation sites (N-methyl/N-ethyl adjacent to an activating group) is 1. The Kier molecular flexibility index (Phi) is 4.00. The van der Waals surface area contributed by atoms with Gasteiger partial charge < -0.3 is 5.32 Å². The summed E-state index contributed by atoms with van der Waals surface area (Å²) in [7, 11) is 2.06. The lowest BCUT2D eigenvalue weighted by molar-refractivity contribution is 0.419. The molecular weight excluding hydrogens is 250 g/mol. The van der Waals surface area contributed by atoms with Crippen molar-refractivity contribution in [3.63, 3.8) is 0 Å². The van der Waals surface area contributed by atoms with Gasteiger partial charge in [-0.3, -0.25) is 0 Å². The molecule has 1 aromatic carbocycles. The summed E-state index contributed by atoms with van der Waals surface area (Å²) >= 11 is 1.78. The van der Waals surface area contributed by atoms with Gasteiger partial charge in [-0.1, -0.05) is 30.7 Å². The fraction of sp³-hybridized carbons (Fsp3) is 0.412. The second-order valence-electron chi connectivity index (χ2n) is 5.47. The van der Waals surface area contributed by atoms with E-state index in [1.54, 1.807) is 11.3 Å². The SMILES string of the molecule is CNC(Cc1ccsc1)c1cccc(C2CCC2)c1. The van der Waals surface area contributed by atoms with Gasteiger partial charge in [0.05, 0.1) is 0 Å². The van der Waals surface area contributed by atoms with Crippen LogP contribution >= 0.6 is 11.3 Å². The Morgan fingerprint density at radius 2 is 2.21 bits per heavy atom. The average molecular weight is 271 g/mol. The highest BCUT2D eigenvalue weighted by Gasteiger charge is 2.20. The van der Waals surface area contributed by atoms with E-state index in [1.807, 2.05) is 0 Å². The quantitative estimate of drug-likeness (QED) is 0.843. The molecule has 1 atom stereocenters. The molecule has 19 heavy (non-hydrogen) atoms. The molecule has 100 valence electrons. The predicted octanol–water partition coefficient (Wildman–Crippen LogP) is 4.52. The normalized spacial score (nSPS) is 17.1. The van der Waals surface area contributed by atoms with Gasteiger partial charge in [-0.05, 0) is 65.7 Å². The maximum absolute atomic E-state index is 3.46. The summed E-state index contributed by atoms with van der Waals surface area (Å²) in [5.41, 5.74) is 4.39.